The number of piperidine rings is 1. The van der Waals surface area contributed by atoms with E-state index in [-0.39, 0.29) is 24.1 Å². The molecule has 26 heavy (non-hydrogen) atoms. The second-order valence-electron chi connectivity index (χ2n) is 7.41. The fourth-order valence-electron chi connectivity index (χ4n) is 4.24. The molecule has 138 valence electrons. The van der Waals surface area contributed by atoms with Gasteiger partial charge >= 0.3 is 0 Å². The van der Waals surface area contributed by atoms with E-state index >= 15 is 0 Å². The summed E-state index contributed by atoms with van der Waals surface area (Å²) in [6, 6.07) is 5.87. The number of carbonyl (C=O) groups is 3. The molecule has 3 amide bonds. The number of benzene rings is 1. The molecule has 1 aromatic rings. The predicted molar refractivity (Wildman–Crippen MR) is 95.2 cm³/mol. The van der Waals surface area contributed by atoms with Crippen LogP contribution in [0.2, 0.25) is 0 Å². The minimum Gasteiger partial charge on any atom is -0.322 e. The zero-order chi connectivity index (χ0) is 18.3. The molecule has 2 fully saturated rings. The van der Waals surface area contributed by atoms with Crippen molar-refractivity contribution >= 4 is 17.7 Å². The molecule has 2 N–H and O–H groups in total. The van der Waals surface area contributed by atoms with Gasteiger partial charge in [-0.2, -0.15) is 0 Å². The first-order valence-corrected chi connectivity index (χ1v) is 9.21. The smallest absolute Gasteiger partial charge is 0.255 e. The standard InChI is InChI=1S/C19H24N4O3/c1-22(14-7-8-20-9-14)10-12-3-2-4-13-11-23(19(26)17(12)13)15-5-6-16(24)21-18(15)25/h2-4,14-15,20H,5-11H2,1H3,(H,21,24,25)/t14-,15?/m1/s1. The van der Waals surface area contributed by atoms with Crippen molar-refractivity contribution in [2.75, 3.05) is 20.1 Å². The fraction of sp³-hybridized carbons (Fsp3) is 0.526. The molecular formula is C19H24N4O3. The van der Waals surface area contributed by atoms with Crippen molar-refractivity contribution in [1.82, 2.24) is 20.4 Å². The number of likely N-dealkylation sites (N-methyl/N-ethyl adjacent to an activating group) is 1. The Hall–Kier alpha value is -2.25. The summed E-state index contributed by atoms with van der Waals surface area (Å²) in [7, 11) is 2.09. The third kappa shape index (κ3) is 3.01. The van der Waals surface area contributed by atoms with E-state index in [0.717, 1.165) is 36.2 Å². The molecule has 7 nitrogen and oxygen atoms in total. The Balaban J connectivity index is 1.55. The van der Waals surface area contributed by atoms with Crippen LogP contribution in [0.25, 0.3) is 0 Å². The van der Waals surface area contributed by atoms with Gasteiger partial charge in [0.2, 0.25) is 11.8 Å². The monoisotopic (exact) mass is 356 g/mol. The van der Waals surface area contributed by atoms with Crippen molar-refractivity contribution in [2.45, 2.75) is 44.4 Å². The number of hydrogen-bond donors (Lipinski definition) is 2. The highest BCUT2D eigenvalue weighted by Gasteiger charge is 2.40. The summed E-state index contributed by atoms with van der Waals surface area (Å²) >= 11 is 0. The average Bonchev–Trinajstić information content (AvgIpc) is 3.24. The van der Waals surface area contributed by atoms with Gasteiger partial charge in [-0.05, 0) is 37.6 Å². The molecule has 0 spiro atoms. The summed E-state index contributed by atoms with van der Waals surface area (Å²) in [6.07, 6.45) is 1.79. The number of hydrogen-bond acceptors (Lipinski definition) is 5. The molecule has 3 heterocycles. The Kier molecular flexibility index (Phi) is 4.50. The number of nitrogens with zero attached hydrogens (tertiary/aromatic N) is 2. The Labute approximate surface area is 152 Å². The zero-order valence-electron chi connectivity index (χ0n) is 15.0. The van der Waals surface area contributed by atoms with Crippen LogP contribution in [0.5, 0.6) is 0 Å². The van der Waals surface area contributed by atoms with Crippen molar-refractivity contribution < 1.29 is 14.4 Å². The molecule has 3 aliphatic heterocycles. The lowest BCUT2D eigenvalue weighted by atomic mass is 10.0. The number of fused-ring (bicyclic) bond motifs is 1. The number of carbonyl (C=O) groups excluding carboxylic acids is 3. The van der Waals surface area contributed by atoms with E-state index in [1.807, 2.05) is 18.2 Å². The molecule has 0 radical (unpaired) electrons. The lowest BCUT2D eigenvalue weighted by Gasteiger charge is -2.29. The van der Waals surface area contributed by atoms with E-state index in [0.29, 0.717) is 25.6 Å². The van der Waals surface area contributed by atoms with Gasteiger partial charge in [-0.25, -0.2) is 0 Å². The zero-order valence-corrected chi connectivity index (χ0v) is 15.0. The van der Waals surface area contributed by atoms with Gasteiger partial charge in [0.15, 0.2) is 0 Å². The lowest BCUT2D eigenvalue weighted by Crippen LogP contribution is -2.52. The third-order valence-corrected chi connectivity index (χ3v) is 5.72. The molecule has 4 rings (SSSR count). The highest BCUT2D eigenvalue weighted by molar-refractivity contribution is 6.05. The minimum absolute atomic E-state index is 0.0944. The van der Waals surface area contributed by atoms with Crippen molar-refractivity contribution in [3.63, 3.8) is 0 Å². The van der Waals surface area contributed by atoms with E-state index in [9.17, 15) is 14.4 Å². The molecule has 2 atom stereocenters. The van der Waals surface area contributed by atoms with Crippen LogP contribution in [0.1, 0.15) is 40.7 Å². The topological polar surface area (TPSA) is 81.8 Å². The van der Waals surface area contributed by atoms with Crippen LogP contribution >= 0.6 is 0 Å². The van der Waals surface area contributed by atoms with Gasteiger partial charge in [0.05, 0.1) is 0 Å². The highest BCUT2D eigenvalue weighted by Crippen LogP contribution is 2.30. The molecule has 2 saturated heterocycles. The summed E-state index contributed by atoms with van der Waals surface area (Å²) in [6.45, 7) is 3.15. The second-order valence-corrected chi connectivity index (χ2v) is 7.41. The van der Waals surface area contributed by atoms with Gasteiger partial charge in [0, 0.05) is 37.7 Å². The number of amides is 3. The molecule has 3 aliphatic rings. The fourth-order valence-corrected chi connectivity index (χ4v) is 4.24. The molecule has 0 bridgehead atoms. The van der Waals surface area contributed by atoms with Crippen LogP contribution < -0.4 is 10.6 Å². The first kappa shape index (κ1) is 17.2. The summed E-state index contributed by atoms with van der Waals surface area (Å²) in [5.41, 5.74) is 2.71. The largest absolute Gasteiger partial charge is 0.322 e. The van der Waals surface area contributed by atoms with Crippen LogP contribution in [-0.4, -0.2) is 59.7 Å². The number of imide groups is 1. The molecule has 0 saturated carbocycles. The molecule has 1 aromatic carbocycles. The number of rotatable bonds is 4. The van der Waals surface area contributed by atoms with E-state index in [2.05, 4.69) is 22.6 Å². The summed E-state index contributed by atoms with van der Waals surface area (Å²) < 4.78 is 0. The van der Waals surface area contributed by atoms with Crippen molar-refractivity contribution in [1.29, 1.82) is 0 Å². The van der Waals surface area contributed by atoms with E-state index < -0.39 is 6.04 Å². The quantitative estimate of drug-likeness (QED) is 0.756. The van der Waals surface area contributed by atoms with Gasteiger partial charge in [0.25, 0.3) is 5.91 Å². The lowest BCUT2D eigenvalue weighted by molar-refractivity contribution is -0.136. The normalized spacial score (nSPS) is 25.8. The van der Waals surface area contributed by atoms with E-state index in [1.54, 1.807) is 4.90 Å². The van der Waals surface area contributed by atoms with Gasteiger partial charge in [0.1, 0.15) is 6.04 Å². The molecule has 7 heteroatoms. The van der Waals surface area contributed by atoms with Crippen molar-refractivity contribution in [2.24, 2.45) is 0 Å². The SMILES string of the molecule is CN(Cc1cccc2c1C(=O)N(C1CCC(=O)NC1=O)C2)[C@@H]1CCNC1. The Bertz CT molecular complexity index is 757. The van der Waals surface area contributed by atoms with E-state index in [4.69, 9.17) is 0 Å². The van der Waals surface area contributed by atoms with Crippen LogP contribution in [-0.2, 0) is 22.7 Å². The molecule has 0 aliphatic carbocycles. The van der Waals surface area contributed by atoms with Gasteiger partial charge in [-0.1, -0.05) is 18.2 Å². The first-order chi connectivity index (χ1) is 12.5. The van der Waals surface area contributed by atoms with E-state index in [1.165, 1.54) is 0 Å². The van der Waals surface area contributed by atoms with Gasteiger partial charge in [-0.15, -0.1) is 0 Å². The van der Waals surface area contributed by atoms with Crippen molar-refractivity contribution in [3.8, 4) is 0 Å². The Morgan fingerprint density at radius 3 is 2.81 bits per heavy atom. The van der Waals surface area contributed by atoms with Crippen molar-refractivity contribution in [3.05, 3.63) is 34.9 Å². The Morgan fingerprint density at radius 2 is 2.08 bits per heavy atom. The highest BCUT2D eigenvalue weighted by atomic mass is 16.2. The minimum atomic E-state index is -0.558. The molecular weight excluding hydrogens is 332 g/mol. The third-order valence-electron chi connectivity index (χ3n) is 5.72. The van der Waals surface area contributed by atoms with Crippen LogP contribution in [0, 0.1) is 0 Å². The van der Waals surface area contributed by atoms with Crippen LogP contribution in [0.4, 0.5) is 0 Å². The summed E-state index contributed by atoms with van der Waals surface area (Å²) in [5.74, 6) is -0.718. The number of nitrogens with one attached hydrogen (secondary N) is 2. The first-order valence-electron chi connectivity index (χ1n) is 9.21. The van der Waals surface area contributed by atoms with Gasteiger partial charge in [-0.3, -0.25) is 24.6 Å². The molecule has 0 aromatic heterocycles. The molecule has 1 unspecified atom stereocenters. The second kappa shape index (κ2) is 6.81. The summed E-state index contributed by atoms with van der Waals surface area (Å²) in [4.78, 5) is 40.6. The maximum atomic E-state index is 13.1. The van der Waals surface area contributed by atoms with Crippen LogP contribution in [0.15, 0.2) is 18.2 Å². The average molecular weight is 356 g/mol. The van der Waals surface area contributed by atoms with Gasteiger partial charge < -0.3 is 10.2 Å². The Morgan fingerprint density at radius 1 is 1.23 bits per heavy atom. The van der Waals surface area contributed by atoms with Crippen LogP contribution in [0.3, 0.4) is 0 Å². The maximum absolute atomic E-state index is 13.1. The summed E-state index contributed by atoms with van der Waals surface area (Å²) in [5, 5.41) is 5.72. The predicted octanol–water partition coefficient (Wildman–Crippen LogP) is 0.241. The maximum Gasteiger partial charge on any atom is 0.255 e.